The van der Waals surface area contributed by atoms with E-state index in [0.29, 0.717) is 18.1 Å². The van der Waals surface area contributed by atoms with Crippen molar-refractivity contribution in [1.29, 1.82) is 0 Å². The van der Waals surface area contributed by atoms with Crippen molar-refractivity contribution in [1.82, 2.24) is 30.7 Å². The molecule has 0 spiro atoms. The Kier molecular flexibility index (Phi) is 7.48. The molecule has 0 saturated heterocycles. The number of nitrogens with two attached hydrogens (primary N) is 1. The van der Waals surface area contributed by atoms with E-state index in [4.69, 9.17) is 15.2 Å². The Hall–Kier alpha value is -5.59. The van der Waals surface area contributed by atoms with E-state index in [0.717, 1.165) is 11.1 Å². The highest BCUT2D eigenvalue weighted by Gasteiger charge is 2.24. The summed E-state index contributed by atoms with van der Waals surface area (Å²) in [6, 6.07) is 22.4. The average Bonchev–Trinajstić information content (AvgIpc) is 3.58. The van der Waals surface area contributed by atoms with Gasteiger partial charge in [-0.2, -0.15) is 9.78 Å². The number of benzene rings is 3. The average molecular weight is 529 g/mol. The summed E-state index contributed by atoms with van der Waals surface area (Å²) in [4.78, 5) is 12.9. The first-order valence-electron chi connectivity index (χ1n) is 11.6. The number of rotatable bonds is 10. The molecule has 0 aliphatic carbocycles. The first-order chi connectivity index (χ1) is 19.1. The Labute approximate surface area is 220 Å². The van der Waals surface area contributed by atoms with Crippen molar-refractivity contribution in [3.05, 3.63) is 107 Å². The maximum absolute atomic E-state index is 13.2. The number of hydrogen-bond donors (Lipinski definition) is 2. The Balaban J connectivity index is 1.25. The maximum atomic E-state index is 13.2. The van der Waals surface area contributed by atoms with E-state index in [1.54, 1.807) is 24.3 Å². The molecule has 196 valence electrons. The van der Waals surface area contributed by atoms with Crippen LogP contribution < -0.4 is 20.6 Å². The third kappa shape index (κ3) is 6.22. The molecule has 13 heteroatoms. The number of halogens is 1. The molecule has 0 unspecified atom stereocenters. The van der Waals surface area contributed by atoms with E-state index in [1.165, 1.54) is 35.2 Å². The molecule has 5 rings (SSSR count). The van der Waals surface area contributed by atoms with Crippen molar-refractivity contribution in [3.8, 4) is 17.3 Å². The van der Waals surface area contributed by atoms with Gasteiger partial charge in [0.25, 0.3) is 5.91 Å². The van der Waals surface area contributed by atoms with Gasteiger partial charge in [0.2, 0.25) is 11.6 Å². The lowest BCUT2D eigenvalue weighted by Gasteiger charge is -2.08. The van der Waals surface area contributed by atoms with Gasteiger partial charge in [-0.1, -0.05) is 35.5 Å². The fourth-order valence-corrected chi connectivity index (χ4v) is 3.41. The van der Waals surface area contributed by atoms with Gasteiger partial charge < -0.3 is 15.2 Å². The van der Waals surface area contributed by atoms with Crippen molar-refractivity contribution in [2.75, 3.05) is 5.73 Å². The largest absolute Gasteiger partial charge is 0.489 e. The summed E-state index contributed by atoms with van der Waals surface area (Å²) in [5.74, 6) is -0.0580. The van der Waals surface area contributed by atoms with E-state index in [2.05, 4.69) is 35.8 Å². The molecule has 0 fully saturated rings. The number of ether oxygens (including phenoxy) is 2. The summed E-state index contributed by atoms with van der Waals surface area (Å²) in [6.07, 6.45) is 1.47. The molecule has 12 nitrogen and oxygen atoms in total. The zero-order valence-corrected chi connectivity index (χ0v) is 20.3. The summed E-state index contributed by atoms with van der Waals surface area (Å²) in [7, 11) is 0. The highest BCUT2D eigenvalue weighted by Crippen LogP contribution is 2.19. The van der Waals surface area contributed by atoms with Crippen molar-refractivity contribution in [2.24, 2.45) is 5.10 Å². The van der Waals surface area contributed by atoms with Gasteiger partial charge in [0.05, 0.1) is 6.21 Å². The quantitative estimate of drug-likeness (QED) is 0.205. The van der Waals surface area contributed by atoms with Crippen LogP contribution in [0.3, 0.4) is 0 Å². The second-order valence-corrected chi connectivity index (χ2v) is 8.05. The summed E-state index contributed by atoms with van der Waals surface area (Å²) in [5, 5.41) is 19.1. The molecule has 5 aromatic rings. The number of carbonyl (C=O) groups is 1. The van der Waals surface area contributed by atoms with Crippen LogP contribution in [0.2, 0.25) is 0 Å². The van der Waals surface area contributed by atoms with E-state index in [9.17, 15) is 9.18 Å². The molecule has 3 aromatic carbocycles. The normalized spacial score (nSPS) is 11.0. The highest BCUT2D eigenvalue weighted by molar-refractivity contribution is 5.94. The molecule has 0 aliphatic heterocycles. The molecule has 0 saturated carbocycles. The lowest BCUT2D eigenvalue weighted by atomic mass is 10.2. The van der Waals surface area contributed by atoms with Crippen molar-refractivity contribution in [2.45, 2.75) is 13.2 Å². The molecule has 0 radical (unpaired) electrons. The monoisotopic (exact) mass is 528 g/mol. The van der Waals surface area contributed by atoms with Crippen LogP contribution in [-0.2, 0) is 13.2 Å². The lowest BCUT2D eigenvalue weighted by molar-refractivity contribution is 0.0947. The Bertz CT molecular complexity index is 1570. The van der Waals surface area contributed by atoms with E-state index in [-0.39, 0.29) is 29.6 Å². The first-order valence-corrected chi connectivity index (χ1v) is 11.6. The predicted octanol–water partition coefficient (Wildman–Crippen LogP) is 3.29. The van der Waals surface area contributed by atoms with E-state index >= 15 is 0 Å². The molecule has 39 heavy (non-hydrogen) atoms. The van der Waals surface area contributed by atoms with Crippen molar-refractivity contribution < 1.29 is 23.3 Å². The van der Waals surface area contributed by atoms with Gasteiger partial charge >= 0.3 is 0 Å². The minimum absolute atomic E-state index is 0.0253. The van der Waals surface area contributed by atoms with Crippen LogP contribution >= 0.6 is 0 Å². The number of amides is 1. The number of aromatic nitrogens is 5. The molecule has 2 aromatic heterocycles. The maximum Gasteiger partial charge on any atom is 0.293 e. The molecule has 0 aliphatic rings. The Morgan fingerprint density at radius 3 is 2.36 bits per heavy atom. The van der Waals surface area contributed by atoms with Crippen LogP contribution in [0.25, 0.3) is 5.82 Å². The van der Waals surface area contributed by atoms with Gasteiger partial charge in [-0.15, -0.1) is 5.10 Å². The smallest absolute Gasteiger partial charge is 0.293 e. The summed E-state index contributed by atoms with van der Waals surface area (Å²) in [6.45, 7) is 0.274. The Morgan fingerprint density at radius 1 is 0.974 bits per heavy atom. The summed E-state index contributed by atoms with van der Waals surface area (Å²) in [5.41, 5.74) is 10.1. The summed E-state index contributed by atoms with van der Waals surface area (Å²) < 4.78 is 30.5. The van der Waals surface area contributed by atoms with E-state index in [1.807, 2.05) is 30.3 Å². The second-order valence-electron chi connectivity index (χ2n) is 8.05. The van der Waals surface area contributed by atoms with E-state index < -0.39 is 11.7 Å². The Morgan fingerprint density at radius 2 is 1.67 bits per heavy atom. The molecule has 3 N–H and O–H groups in total. The number of carbonyl (C=O) groups excluding carboxylic acids is 1. The minimum Gasteiger partial charge on any atom is -0.489 e. The second kappa shape index (κ2) is 11.6. The molecule has 0 atom stereocenters. The van der Waals surface area contributed by atoms with Gasteiger partial charge in [0.1, 0.15) is 36.2 Å². The van der Waals surface area contributed by atoms with Crippen LogP contribution in [0.1, 0.15) is 27.3 Å². The fraction of sp³-hybridized carbons (Fsp3) is 0.0769. The number of nitrogens with zero attached hydrogens (tertiary/aromatic N) is 6. The third-order valence-corrected chi connectivity index (χ3v) is 5.37. The molecular weight excluding hydrogens is 507 g/mol. The standard InChI is InChI=1S/C26H21FN8O4/c27-19-8-12-21(13-9-19)38-16-22-23(30-34-35(22)25-24(28)32-39-33-25)26(36)31-29-14-17-6-10-20(11-7-17)37-15-18-4-2-1-3-5-18/h1-14H,15-16H2,(H2,28,32)(H,31,36)/b29-14-. The predicted molar refractivity (Wildman–Crippen MR) is 137 cm³/mol. The third-order valence-electron chi connectivity index (χ3n) is 5.37. The minimum atomic E-state index is -0.659. The lowest BCUT2D eigenvalue weighted by Crippen LogP contribution is -2.21. The fourth-order valence-electron chi connectivity index (χ4n) is 3.41. The van der Waals surface area contributed by atoms with Crippen molar-refractivity contribution >= 4 is 17.9 Å². The molecule has 2 heterocycles. The van der Waals surface area contributed by atoms with Gasteiger partial charge in [0.15, 0.2) is 5.69 Å². The molecule has 1 amide bonds. The van der Waals surface area contributed by atoms with Crippen LogP contribution in [0.5, 0.6) is 11.5 Å². The zero-order valence-electron chi connectivity index (χ0n) is 20.3. The zero-order chi connectivity index (χ0) is 27.0. The van der Waals surface area contributed by atoms with Gasteiger partial charge in [-0.3, -0.25) is 4.79 Å². The van der Waals surface area contributed by atoms with Crippen molar-refractivity contribution in [3.63, 3.8) is 0 Å². The van der Waals surface area contributed by atoms with Gasteiger partial charge in [-0.05, 0) is 70.0 Å². The number of nitrogens with one attached hydrogen (secondary N) is 1. The van der Waals surface area contributed by atoms with Crippen LogP contribution in [0.4, 0.5) is 10.2 Å². The highest BCUT2D eigenvalue weighted by atomic mass is 19.1. The number of anilines is 1. The van der Waals surface area contributed by atoms with Crippen LogP contribution in [0.15, 0.2) is 88.6 Å². The molecular formula is C26H21FN8O4. The van der Waals surface area contributed by atoms with Gasteiger partial charge in [-0.25, -0.2) is 14.4 Å². The van der Waals surface area contributed by atoms with Crippen LogP contribution in [0, 0.1) is 5.82 Å². The SMILES string of the molecule is Nc1nonc1-n1nnc(C(=O)N/N=C\c2ccc(OCc3ccccc3)cc2)c1COc1ccc(F)cc1. The number of hydrazone groups is 1. The first kappa shape index (κ1) is 25.1. The van der Waals surface area contributed by atoms with Crippen LogP contribution in [-0.4, -0.2) is 37.4 Å². The molecule has 0 bridgehead atoms. The number of hydrogen-bond acceptors (Lipinski definition) is 10. The topological polar surface area (TPSA) is 156 Å². The van der Waals surface area contributed by atoms with Gasteiger partial charge in [0, 0.05) is 0 Å². The summed E-state index contributed by atoms with van der Waals surface area (Å²) >= 11 is 0. The number of nitrogen functional groups attached to an aromatic ring is 1.